The molecule has 0 atom stereocenters. The number of carbonyl (C=O) groups excluding carboxylic acids is 2. The Labute approximate surface area is 116 Å². The van der Waals surface area contributed by atoms with Crippen LogP contribution in [0.5, 0.6) is 0 Å². The second kappa shape index (κ2) is 6.89. The Morgan fingerprint density at radius 3 is 2.15 bits per heavy atom. The SMILES string of the molecule is O=C(/C=C/c1ccccc1)ONC(=O)c1ccccc1. The first-order valence-corrected chi connectivity index (χ1v) is 6.05. The summed E-state index contributed by atoms with van der Waals surface area (Å²) in [4.78, 5) is 27.7. The van der Waals surface area contributed by atoms with Gasteiger partial charge in [0.2, 0.25) is 0 Å². The molecule has 0 aliphatic rings. The highest BCUT2D eigenvalue weighted by atomic mass is 16.7. The summed E-state index contributed by atoms with van der Waals surface area (Å²) in [5.74, 6) is -1.11. The normalized spacial score (nSPS) is 10.2. The minimum absolute atomic E-state index is 0.423. The predicted molar refractivity (Wildman–Crippen MR) is 75.5 cm³/mol. The van der Waals surface area contributed by atoms with E-state index in [4.69, 9.17) is 0 Å². The molecule has 0 radical (unpaired) electrons. The first-order chi connectivity index (χ1) is 9.75. The largest absolute Gasteiger partial charge is 0.355 e. The van der Waals surface area contributed by atoms with E-state index in [9.17, 15) is 9.59 Å². The fraction of sp³-hybridized carbons (Fsp3) is 0. The van der Waals surface area contributed by atoms with Crippen LogP contribution >= 0.6 is 0 Å². The van der Waals surface area contributed by atoms with Crippen molar-refractivity contribution in [2.75, 3.05) is 0 Å². The molecule has 1 amide bonds. The van der Waals surface area contributed by atoms with Gasteiger partial charge in [-0.1, -0.05) is 48.5 Å². The highest BCUT2D eigenvalue weighted by molar-refractivity contribution is 5.95. The standard InChI is InChI=1S/C16H13NO3/c18-15(12-11-13-7-3-1-4-8-13)20-17-16(19)14-9-5-2-6-10-14/h1-12H,(H,17,19)/b12-11+. The van der Waals surface area contributed by atoms with Crippen LogP contribution in [0.25, 0.3) is 6.08 Å². The molecule has 0 unspecified atom stereocenters. The maximum absolute atomic E-state index is 11.6. The van der Waals surface area contributed by atoms with Gasteiger partial charge in [-0.2, -0.15) is 5.48 Å². The van der Waals surface area contributed by atoms with Gasteiger partial charge >= 0.3 is 5.97 Å². The van der Waals surface area contributed by atoms with Gasteiger partial charge < -0.3 is 4.84 Å². The van der Waals surface area contributed by atoms with Gasteiger partial charge in [-0.3, -0.25) is 4.79 Å². The van der Waals surface area contributed by atoms with E-state index < -0.39 is 11.9 Å². The molecule has 2 rings (SSSR count). The molecule has 0 fully saturated rings. The number of amides is 1. The smallest absolute Gasteiger partial charge is 0.336 e. The van der Waals surface area contributed by atoms with E-state index in [2.05, 4.69) is 10.3 Å². The first kappa shape index (κ1) is 13.5. The number of carbonyl (C=O) groups is 2. The van der Waals surface area contributed by atoms with Gasteiger partial charge in [0.05, 0.1) is 0 Å². The van der Waals surface area contributed by atoms with E-state index in [0.717, 1.165) is 5.56 Å². The van der Waals surface area contributed by atoms with E-state index in [1.165, 1.54) is 6.08 Å². The van der Waals surface area contributed by atoms with Gasteiger partial charge in [0.25, 0.3) is 5.91 Å². The van der Waals surface area contributed by atoms with Crippen molar-refractivity contribution in [3.05, 3.63) is 77.9 Å². The van der Waals surface area contributed by atoms with Gasteiger partial charge in [-0.25, -0.2) is 4.79 Å². The van der Waals surface area contributed by atoms with Gasteiger partial charge in [0, 0.05) is 11.6 Å². The predicted octanol–water partition coefficient (Wildman–Crippen LogP) is 2.59. The van der Waals surface area contributed by atoms with E-state index >= 15 is 0 Å². The van der Waals surface area contributed by atoms with Crippen molar-refractivity contribution in [3.63, 3.8) is 0 Å². The Kier molecular flexibility index (Phi) is 4.67. The highest BCUT2D eigenvalue weighted by Crippen LogP contribution is 2.01. The number of hydroxylamine groups is 1. The Balaban J connectivity index is 1.84. The minimum Gasteiger partial charge on any atom is -0.336 e. The molecule has 0 aliphatic heterocycles. The Hall–Kier alpha value is -2.88. The molecule has 0 aliphatic carbocycles. The molecule has 0 bridgehead atoms. The number of benzene rings is 2. The molecule has 20 heavy (non-hydrogen) atoms. The van der Waals surface area contributed by atoms with Crippen LogP contribution in [-0.2, 0) is 9.63 Å². The maximum atomic E-state index is 11.6. The molecule has 0 heterocycles. The number of hydrogen-bond acceptors (Lipinski definition) is 3. The Morgan fingerprint density at radius 2 is 1.50 bits per heavy atom. The zero-order valence-corrected chi connectivity index (χ0v) is 10.7. The Bertz CT molecular complexity index is 606. The molecule has 4 heteroatoms. The van der Waals surface area contributed by atoms with Crippen LogP contribution in [0, 0.1) is 0 Å². The van der Waals surface area contributed by atoms with Crippen LogP contribution < -0.4 is 5.48 Å². The van der Waals surface area contributed by atoms with Crippen LogP contribution in [0.3, 0.4) is 0 Å². The van der Waals surface area contributed by atoms with Gasteiger partial charge in [-0.15, -0.1) is 0 Å². The van der Waals surface area contributed by atoms with E-state index in [1.807, 2.05) is 30.3 Å². The average molecular weight is 267 g/mol. The lowest BCUT2D eigenvalue weighted by molar-refractivity contribution is -0.142. The van der Waals surface area contributed by atoms with Crippen molar-refractivity contribution in [1.82, 2.24) is 5.48 Å². The number of rotatable bonds is 3. The molecular formula is C16H13NO3. The second-order valence-corrected chi connectivity index (χ2v) is 3.96. The van der Waals surface area contributed by atoms with Crippen LogP contribution in [0.2, 0.25) is 0 Å². The van der Waals surface area contributed by atoms with E-state index in [-0.39, 0.29) is 0 Å². The van der Waals surface area contributed by atoms with Crippen molar-refractivity contribution < 1.29 is 14.4 Å². The zero-order chi connectivity index (χ0) is 14.2. The summed E-state index contributed by atoms with van der Waals surface area (Å²) in [6.07, 6.45) is 2.86. The lowest BCUT2D eigenvalue weighted by Crippen LogP contribution is -2.26. The van der Waals surface area contributed by atoms with Crippen LogP contribution in [0.15, 0.2) is 66.7 Å². The molecule has 0 aromatic heterocycles. The molecule has 1 N–H and O–H groups in total. The van der Waals surface area contributed by atoms with Crippen molar-refractivity contribution in [3.8, 4) is 0 Å². The zero-order valence-electron chi connectivity index (χ0n) is 10.7. The van der Waals surface area contributed by atoms with E-state index in [1.54, 1.807) is 36.4 Å². The van der Waals surface area contributed by atoms with Gasteiger partial charge in [-0.05, 0) is 23.8 Å². The summed E-state index contributed by atoms with van der Waals surface area (Å²) >= 11 is 0. The lowest BCUT2D eigenvalue weighted by atomic mass is 10.2. The minimum atomic E-state index is -0.641. The summed E-state index contributed by atoms with van der Waals surface area (Å²) in [5, 5.41) is 0. The molecule has 0 saturated heterocycles. The van der Waals surface area contributed by atoms with Crippen molar-refractivity contribution in [2.45, 2.75) is 0 Å². The monoisotopic (exact) mass is 267 g/mol. The van der Waals surface area contributed by atoms with E-state index in [0.29, 0.717) is 5.56 Å². The van der Waals surface area contributed by atoms with Crippen molar-refractivity contribution in [1.29, 1.82) is 0 Å². The van der Waals surface area contributed by atoms with Crippen LogP contribution in [-0.4, -0.2) is 11.9 Å². The molecule has 2 aromatic carbocycles. The molecule has 2 aromatic rings. The topological polar surface area (TPSA) is 55.4 Å². The van der Waals surface area contributed by atoms with Gasteiger partial charge in [0.15, 0.2) is 0 Å². The fourth-order valence-electron chi connectivity index (χ4n) is 1.51. The summed E-state index contributed by atoms with van der Waals surface area (Å²) in [6.45, 7) is 0. The summed E-state index contributed by atoms with van der Waals surface area (Å²) in [7, 11) is 0. The van der Waals surface area contributed by atoms with Gasteiger partial charge in [0.1, 0.15) is 0 Å². The third kappa shape index (κ3) is 4.10. The lowest BCUT2D eigenvalue weighted by Gasteiger charge is -2.03. The maximum Gasteiger partial charge on any atom is 0.355 e. The highest BCUT2D eigenvalue weighted by Gasteiger charge is 2.06. The third-order valence-electron chi connectivity index (χ3n) is 2.49. The first-order valence-electron chi connectivity index (χ1n) is 6.05. The summed E-state index contributed by atoms with van der Waals surface area (Å²) in [6, 6.07) is 17.8. The average Bonchev–Trinajstić information content (AvgIpc) is 2.52. The second-order valence-electron chi connectivity index (χ2n) is 3.96. The molecule has 100 valence electrons. The summed E-state index contributed by atoms with van der Waals surface area (Å²) in [5.41, 5.74) is 3.39. The Morgan fingerprint density at radius 1 is 0.900 bits per heavy atom. The fourth-order valence-corrected chi connectivity index (χ4v) is 1.51. The van der Waals surface area contributed by atoms with Crippen molar-refractivity contribution in [2.24, 2.45) is 0 Å². The third-order valence-corrected chi connectivity index (χ3v) is 2.49. The molecule has 0 saturated carbocycles. The quantitative estimate of drug-likeness (QED) is 0.687. The molecular weight excluding hydrogens is 254 g/mol. The summed E-state index contributed by atoms with van der Waals surface area (Å²) < 4.78 is 0. The molecule has 0 spiro atoms. The number of hydrogen-bond donors (Lipinski definition) is 1. The number of nitrogens with one attached hydrogen (secondary N) is 1. The van der Waals surface area contributed by atoms with Crippen molar-refractivity contribution >= 4 is 18.0 Å². The molecule has 4 nitrogen and oxygen atoms in total. The van der Waals surface area contributed by atoms with Crippen LogP contribution in [0.4, 0.5) is 0 Å². The van der Waals surface area contributed by atoms with Crippen LogP contribution in [0.1, 0.15) is 15.9 Å².